The molecule has 0 bridgehead atoms. The molecule has 0 atom stereocenters. The van der Waals surface area contributed by atoms with Crippen LogP contribution in [0.4, 0.5) is 10.8 Å². The highest BCUT2D eigenvalue weighted by Gasteiger charge is 2.11. The van der Waals surface area contributed by atoms with Crippen molar-refractivity contribution in [2.75, 3.05) is 5.43 Å². The third-order valence-electron chi connectivity index (χ3n) is 2.16. The molecule has 1 aromatic carbocycles. The Balaban J connectivity index is 2.10. The van der Waals surface area contributed by atoms with Crippen molar-refractivity contribution in [1.29, 1.82) is 0 Å². The fraction of sp³-hybridized carbons (Fsp3) is 0.0909. The van der Waals surface area contributed by atoms with E-state index in [1.807, 2.05) is 12.3 Å². The monoisotopic (exact) mass is 296 g/mol. The van der Waals surface area contributed by atoms with E-state index in [1.165, 1.54) is 29.7 Å². The quantitative estimate of drug-likeness (QED) is 0.532. The van der Waals surface area contributed by atoms with Gasteiger partial charge in [0.15, 0.2) is 0 Å². The predicted octanol–water partition coefficient (Wildman–Crippen LogP) is 3.46. The molecule has 0 aliphatic heterocycles. The van der Waals surface area contributed by atoms with E-state index in [2.05, 4.69) is 15.5 Å². The third kappa shape index (κ3) is 3.49. The number of hydrogen-bond donors (Lipinski definition) is 1. The molecule has 0 aliphatic carbocycles. The van der Waals surface area contributed by atoms with Crippen LogP contribution in [0.5, 0.6) is 0 Å². The number of thiazole rings is 1. The Kier molecular flexibility index (Phi) is 4.08. The number of nitrogens with one attached hydrogen (secondary N) is 1. The minimum atomic E-state index is -0.530. The van der Waals surface area contributed by atoms with Gasteiger partial charge in [-0.25, -0.2) is 4.98 Å². The summed E-state index contributed by atoms with van der Waals surface area (Å²) in [6, 6.07) is 4.48. The minimum absolute atomic E-state index is 0.102. The lowest BCUT2D eigenvalue weighted by Gasteiger charge is -1.97. The van der Waals surface area contributed by atoms with Crippen LogP contribution in [0.25, 0.3) is 0 Å². The average Bonchev–Trinajstić information content (AvgIpc) is 2.77. The van der Waals surface area contributed by atoms with E-state index in [1.54, 1.807) is 6.07 Å². The number of rotatable bonds is 4. The molecular weight excluding hydrogens is 288 g/mol. The molecule has 19 heavy (non-hydrogen) atoms. The van der Waals surface area contributed by atoms with Crippen LogP contribution in [0.1, 0.15) is 11.3 Å². The maximum atomic E-state index is 10.7. The van der Waals surface area contributed by atoms with Gasteiger partial charge in [0.2, 0.25) is 5.13 Å². The van der Waals surface area contributed by atoms with Gasteiger partial charge in [-0.05, 0) is 13.0 Å². The lowest BCUT2D eigenvalue weighted by atomic mass is 10.2. The Morgan fingerprint density at radius 3 is 3.00 bits per heavy atom. The van der Waals surface area contributed by atoms with Crippen LogP contribution in [-0.2, 0) is 0 Å². The Morgan fingerprint density at radius 1 is 1.58 bits per heavy atom. The van der Waals surface area contributed by atoms with Gasteiger partial charge >= 0.3 is 0 Å². The summed E-state index contributed by atoms with van der Waals surface area (Å²) in [4.78, 5) is 14.4. The minimum Gasteiger partial charge on any atom is -0.258 e. The Morgan fingerprint density at radius 2 is 2.37 bits per heavy atom. The SMILES string of the molecule is Cc1csc(NN=Cc2ccc(Cl)c([N+](=O)[O-])c2)n1. The van der Waals surface area contributed by atoms with Crippen LogP contribution in [0.3, 0.4) is 0 Å². The van der Waals surface area contributed by atoms with Crippen molar-refractivity contribution < 1.29 is 4.92 Å². The topological polar surface area (TPSA) is 80.4 Å². The lowest BCUT2D eigenvalue weighted by Crippen LogP contribution is -1.93. The van der Waals surface area contributed by atoms with Crippen LogP contribution in [0.15, 0.2) is 28.7 Å². The number of aromatic nitrogens is 1. The van der Waals surface area contributed by atoms with Crippen LogP contribution < -0.4 is 5.43 Å². The van der Waals surface area contributed by atoms with Crippen molar-refractivity contribution in [2.45, 2.75) is 6.92 Å². The van der Waals surface area contributed by atoms with Gasteiger partial charge in [0.05, 0.1) is 16.8 Å². The molecule has 2 rings (SSSR count). The first-order valence-electron chi connectivity index (χ1n) is 5.21. The molecule has 8 heteroatoms. The van der Waals surface area contributed by atoms with Gasteiger partial charge < -0.3 is 0 Å². The van der Waals surface area contributed by atoms with Gasteiger partial charge in [0.25, 0.3) is 5.69 Å². The molecule has 1 aromatic heterocycles. The van der Waals surface area contributed by atoms with E-state index in [0.29, 0.717) is 10.7 Å². The molecule has 0 aliphatic rings. The summed E-state index contributed by atoms with van der Waals surface area (Å²) in [5, 5.41) is 17.3. The molecule has 0 saturated heterocycles. The molecule has 6 nitrogen and oxygen atoms in total. The number of nitrogens with zero attached hydrogens (tertiary/aromatic N) is 3. The number of benzene rings is 1. The van der Waals surface area contributed by atoms with E-state index in [-0.39, 0.29) is 10.7 Å². The van der Waals surface area contributed by atoms with Gasteiger partial charge in [-0.15, -0.1) is 11.3 Å². The second-order valence-corrected chi connectivity index (χ2v) is 4.90. The van der Waals surface area contributed by atoms with Crippen molar-refractivity contribution in [2.24, 2.45) is 5.10 Å². The van der Waals surface area contributed by atoms with Gasteiger partial charge in [-0.2, -0.15) is 5.10 Å². The molecule has 0 radical (unpaired) electrons. The Bertz CT molecular complexity index is 641. The number of halogens is 1. The first-order chi connectivity index (χ1) is 9.06. The second-order valence-electron chi connectivity index (χ2n) is 3.63. The van der Waals surface area contributed by atoms with Crippen molar-refractivity contribution in [3.05, 3.63) is 50.0 Å². The first-order valence-corrected chi connectivity index (χ1v) is 6.47. The van der Waals surface area contributed by atoms with E-state index in [9.17, 15) is 10.1 Å². The molecule has 2 aromatic rings. The van der Waals surface area contributed by atoms with Crippen LogP contribution in [-0.4, -0.2) is 16.1 Å². The largest absolute Gasteiger partial charge is 0.288 e. The maximum absolute atomic E-state index is 10.7. The fourth-order valence-corrected chi connectivity index (χ4v) is 2.14. The Labute approximate surface area is 117 Å². The van der Waals surface area contributed by atoms with Gasteiger partial charge in [-0.1, -0.05) is 17.7 Å². The highest BCUT2D eigenvalue weighted by atomic mass is 35.5. The summed E-state index contributed by atoms with van der Waals surface area (Å²) in [7, 11) is 0. The summed E-state index contributed by atoms with van der Waals surface area (Å²) in [5.41, 5.74) is 4.10. The van der Waals surface area contributed by atoms with Crippen LogP contribution in [0, 0.1) is 17.0 Å². The lowest BCUT2D eigenvalue weighted by molar-refractivity contribution is -0.384. The van der Waals surface area contributed by atoms with Crippen molar-refractivity contribution in [3.8, 4) is 0 Å². The number of hydrazone groups is 1. The summed E-state index contributed by atoms with van der Waals surface area (Å²) < 4.78 is 0. The smallest absolute Gasteiger partial charge is 0.258 e. The second kappa shape index (κ2) is 5.77. The summed E-state index contributed by atoms with van der Waals surface area (Å²) >= 11 is 7.14. The molecule has 0 unspecified atom stereocenters. The van der Waals surface area contributed by atoms with Gasteiger partial charge in [0.1, 0.15) is 5.02 Å². The van der Waals surface area contributed by atoms with Gasteiger partial charge in [-0.3, -0.25) is 15.5 Å². The molecular formula is C11H9ClN4O2S. The summed E-state index contributed by atoms with van der Waals surface area (Å²) in [6.07, 6.45) is 1.47. The number of nitro groups is 1. The highest BCUT2D eigenvalue weighted by Crippen LogP contribution is 2.24. The van der Waals surface area contributed by atoms with Crippen molar-refractivity contribution in [1.82, 2.24) is 4.98 Å². The average molecular weight is 297 g/mol. The number of nitro benzene ring substituents is 1. The summed E-state index contributed by atoms with van der Waals surface area (Å²) in [5.74, 6) is 0. The number of hydrogen-bond acceptors (Lipinski definition) is 6. The molecule has 1 heterocycles. The maximum Gasteiger partial charge on any atom is 0.288 e. The standard InChI is InChI=1S/C11H9ClN4O2S/c1-7-6-19-11(14-7)15-13-5-8-2-3-9(12)10(4-8)16(17)18/h2-6H,1H3,(H,14,15). The van der Waals surface area contributed by atoms with E-state index < -0.39 is 4.92 Å². The van der Waals surface area contributed by atoms with E-state index >= 15 is 0 Å². The zero-order chi connectivity index (χ0) is 13.8. The van der Waals surface area contributed by atoms with Crippen molar-refractivity contribution in [3.63, 3.8) is 0 Å². The van der Waals surface area contributed by atoms with E-state index in [4.69, 9.17) is 11.6 Å². The summed E-state index contributed by atoms with van der Waals surface area (Å²) in [6.45, 7) is 1.88. The van der Waals surface area contributed by atoms with Gasteiger partial charge in [0, 0.05) is 17.0 Å². The van der Waals surface area contributed by atoms with E-state index in [0.717, 1.165) is 5.69 Å². The number of anilines is 1. The first kappa shape index (κ1) is 13.4. The molecule has 1 N–H and O–H groups in total. The fourth-order valence-electron chi connectivity index (χ4n) is 1.32. The van der Waals surface area contributed by atoms with Crippen LogP contribution in [0.2, 0.25) is 5.02 Å². The normalized spacial score (nSPS) is 10.8. The Hall–Kier alpha value is -1.99. The van der Waals surface area contributed by atoms with Crippen LogP contribution >= 0.6 is 22.9 Å². The molecule has 0 amide bonds. The van der Waals surface area contributed by atoms with Crippen molar-refractivity contribution >= 4 is 40.0 Å². The number of aryl methyl sites for hydroxylation is 1. The third-order valence-corrected chi connectivity index (χ3v) is 3.34. The predicted molar refractivity (Wildman–Crippen MR) is 76.2 cm³/mol. The molecule has 0 spiro atoms. The molecule has 0 saturated carbocycles. The zero-order valence-electron chi connectivity index (χ0n) is 9.83. The molecule has 98 valence electrons. The highest BCUT2D eigenvalue weighted by molar-refractivity contribution is 7.13. The molecule has 0 fully saturated rings. The zero-order valence-corrected chi connectivity index (χ0v) is 11.4.